The standard InChI is InChI=1S/C34H50N4O11/c1-32(2,3)47-25(39)19-18-24(27(41)49-34(7,8)9)38-29(43)36-28(42)37(31(38)45)23(26(40)48-33(4,5)6)17-13-14-20-35-30(44)46-21-22-15-11-10-12-16-22/h10-12,15-16,23-24H,13-14,17-21H2,1-9H3,(H,35,44)(H,36,42,43). The number of hydrogen-bond donors (Lipinski definition) is 2. The minimum Gasteiger partial charge on any atom is -0.460 e. The van der Waals surface area contributed by atoms with Crippen molar-refractivity contribution >= 4 is 24.0 Å². The van der Waals surface area contributed by atoms with Gasteiger partial charge in [-0.25, -0.2) is 37.9 Å². The van der Waals surface area contributed by atoms with Gasteiger partial charge < -0.3 is 24.3 Å². The molecular formula is C34H50N4O11. The molecule has 2 N–H and O–H groups in total. The van der Waals surface area contributed by atoms with Gasteiger partial charge in [-0.3, -0.25) is 9.78 Å². The number of carbonyl (C=O) groups is 4. The highest BCUT2D eigenvalue weighted by molar-refractivity contribution is 5.77. The SMILES string of the molecule is CC(C)(C)OC(=O)CCC(C(=O)OC(C)(C)C)n1c(=O)[nH]c(=O)n(C(CCCCNC(=O)OCc2ccccc2)C(=O)OC(C)(C)C)c1=O. The Morgan fingerprint density at radius 1 is 0.714 bits per heavy atom. The van der Waals surface area contributed by atoms with E-state index in [-0.39, 0.29) is 38.8 Å². The van der Waals surface area contributed by atoms with Gasteiger partial charge in [-0.05, 0) is 93.6 Å². The van der Waals surface area contributed by atoms with Crippen molar-refractivity contribution in [2.75, 3.05) is 6.54 Å². The maximum Gasteiger partial charge on any atom is 0.407 e. The number of H-pyrrole nitrogens is 1. The van der Waals surface area contributed by atoms with E-state index in [0.717, 1.165) is 5.56 Å². The molecule has 2 unspecified atom stereocenters. The summed E-state index contributed by atoms with van der Waals surface area (Å²) in [7, 11) is 0. The summed E-state index contributed by atoms with van der Waals surface area (Å²) >= 11 is 0. The maximum absolute atomic E-state index is 14.0. The van der Waals surface area contributed by atoms with Crippen LogP contribution in [0.5, 0.6) is 0 Å². The van der Waals surface area contributed by atoms with Gasteiger partial charge in [-0.15, -0.1) is 0 Å². The van der Waals surface area contributed by atoms with Gasteiger partial charge in [0.25, 0.3) is 0 Å². The zero-order valence-corrected chi connectivity index (χ0v) is 29.9. The van der Waals surface area contributed by atoms with Crippen LogP contribution < -0.4 is 22.4 Å². The van der Waals surface area contributed by atoms with Crippen LogP contribution in [0.4, 0.5) is 4.79 Å². The summed E-state index contributed by atoms with van der Waals surface area (Å²) in [6, 6.07) is 5.94. The Bertz CT molecular complexity index is 1620. The predicted octanol–water partition coefficient (Wildman–Crippen LogP) is 3.68. The lowest BCUT2D eigenvalue weighted by atomic mass is 10.1. The third kappa shape index (κ3) is 14.1. The molecule has 1 heterocycles. The molecule has 0 saturated carbocycles. The van der Waals surface area contributed by atoms with Crippen LogP contribution in [0.15, 0.2) is 44.7 Å². The van der Waals surface area contributed by atoms with Crippen molar-refractivity contribution in [2.24, 2.45) is 0 Å². The number of nitrogens with one attached hydrogen (secondary N) is 2. The Morgan fingerprint density at radius 2 is 1.20 bits per heavy atom. The van der Waals surface area contributed by atoms with Crippen LogP contribution >= 0.6 is 0 Å². The Kier molecular flexibility index (Phi) is 14.1. The second-order valence-corrected chi connectivity index (χ2v) is 14.5. The molecule has 15 nitrogen and oxygen atoms in total. The fourth-order valence-electron chi connectivity index (χ4n) is 4.57. The fraction of sp³-hybridized carbons (Fsp3) is 0.618. The summed E-state index contributed by atoms with van der Waals surface area (Å²) < 4.78 is 22.5. The number of unbranched alkanes of at least 4 members (excludes halogenated alkanes) is 1. The number of alkyl carbamates (subject to hydrolysis) is 1. The van der Waals surface area contributed by atoms with Crippen molar-refractivity contribution in [1.82, 2.24) is 19.4 Å². The van der Waals surface area contributed by atoms with Crippen LogP contribution in [-0.4, -0.2) is 61.5 Å². The van der Waals surface area contributed by atoms with E-state index < -0.39 is 70.0 Å². The molecule has 0 aliphatic carbocycles. The normalized spacial score (nSPS) is 13.2. The average Bonchev–Trinajstić information content (AvgIpc) is 2.94. The van der Waals surface area contributed by atoms with Crippen LogP contribution in [0.3, 0.4) is 0 Å². The molecule has 1 amide bonds. The van der Waals surface area contributed by atoms with Crippen molar-refractivity contribution < 1.29 is 38.1 Å². The molecule has 1 aromatic heterocycles. The number of amides is 1. The number of aromatic amines is 1. The van der Waals surface area contributed by atoms with Crippen LogP contribution in [-0.2, 0) is 39.9 Å². The monoisotopic (exact) mass is 690 g/mol. The first-order valence-corrected chi connectivity index (χ1v) is 16.2. The van der Waals surface area contributed by atoms with Gasteiger partial charge in [-0.1, -0.05) is 30.3 Å². The Balaban J connectivity index is 2.39. The van der Waals surface area contributed by atoms with Gasteiger partial charge in [0.15, 0.2) is 0 Å². The van der Waals surface area contributed by atoms with E-state index in [2.05, 4.69) is 5.32 Å². The molecule has 2 rings (SSSR count). The number of aromatic nitrogens is 3. The fourth-order valence-corrected chi connectivity index (χ4v) is 4.57. The molecule has 2 aromatic rings. The van der Waals surface area contributed by atoms with Crippen LogP contribution in [0, 0.1) is 0 Å². The lowest BCUT2D eigenvalue weighted by molar-refractivity contribution is -0.161. The minimum absolute atomic E-state index is 0.0802. The zero-order chi connectivity index (χ0) is 37.2. The number of esters is 3. The van der Waals surface area contributed by atoms with Crippen molar-refractivity contribution in [2.45, 2.75) is 130 Å². The lowest BCUT2D eigenvalue weighted by Gasteiger charge is -2.27. The number of hydrogen-bond acceptors (Lipinski definition) is 11. The summed E-state index contributed by atoms with van der Waals surface area (Å²) in [6.45, 7) is 14.8. The smallest absolute Gasteiger partial charge is 0.407 e. The zero-order valence-electron chi connectivity index (χ0n) is 29.9. The van der Waals surface area contributed by atoms with Gasteiger partial charge in [0.05, 0.1) is 0 Å². The minimum atomic E-state index is -1.65. The first-order chi connectivity index (χ1) is 22.6. The largest absolute Gasteiger partial charge is 0.460 e. The molecule has 49 heavy (non-hydrogen) atoms. The molecule has 15 heteroatoms. The summed E-state index contributed by atoms with van der Waals surface area (Å²) in [4.78, 5) is 93.7. The number of benzene rings is 1. The molecule has 0 aliphatic rings. The summed E-state index contributed by atoms with van der Waals surface area (Å²) in [5.74, 6) is -2.63. The van der Waals surface area contributed by atoms with Gasteiger partial charge in [0.2, 0.25) is 0 Å². The maximum atomic E-state index is 14.0. The molecule has 272 valence electrons. The van der Waals surface area contributed by atoms with E-state index in [0.29, 0.717) is 15.6 Å². The van der Waals surface area contributed by atoms with E-state index >= 15 is 0 Å². The predicted molar refractivity (Wildman–Crippen MR) is 179 cm³/mol. The Labute approximate surface area is 285 Å². The molecular weight excluding hydrogens is 640 g/mol. The molecule has 0 saturated heterocycles. The first kappa shape index (κ1) is 40.5. The molecule has 0 spiro atoms. The quantitative estimate of drug-likeness (QED) is 0.167. The van der Waals surface area contributed by atoms with E-state index in [1.807, 2.05) is 35.3 Å². The second-order valence-electron chi connectivity index (χ2n) is 14.5. The summed E-state index contributed by atoms with van der Waals surface area (Å²) in [5, 5.41) is 2.61. The summed E-state index contributed by atoms with van der Waals surface area (Å²) in [6.07, 6.45) is -0.959. The van der Waals surface area contributed by atoms with Gasteiger partial charge >= 0.3 is 41.1 Å². The third-order valence-corrected chi connectivity index (χ3v) is 6.47. The van der Waals surface area contributed by atoms with Crippen molar-refractivity contribution in [3.05, 3.63) is 67.3 Å². The molecule has 0 aliphatic heterocycles. The van der Waals surface area contributed by atoms with Gasteiger partial charge in [-0.2, -0.15) is 0 Å². The highest BCUT2D eigenvalue weighted by atomic mass is 16.6. The summed E-state index contributed by atoms with van der Waals surface area (Å²) in [5.41, 5.74) is -5.75. The molecule has 0 fully saturated rings. The third-order valence-electron chi connectivity index (χ3n) is 6.47. The Morgan fingerprint density at radius 3 is 1.69 bits per heavy atom. The number of carbonyl (C=O) groups excluding carboxylic acids is 4. The first-order valence-electron chi connectivity index (χ1n) is 16.2. The molecule has 0 radical (unpaired) electrons. The van der Waals surface area contributed by atoms with Crippen LogP contribution in [0.1, 0.15) is 112 Å². The Hall–Kier alpha value is -4.69. The van der Waals surface area contributed by atoms with Crippen LogP contribution in [0.25, 0.3) is 0 Å². The lowest BCUT2D eigenvalue weighted by Crippen LogP contribution is -2.55. The second kappa shape index (κ2) is 17.1. The average molecular weight is 691 g/mol. The number of ether oxygens (including phenoxy) is 4. The van der Waals surface area contributed by atoms with E-state index in [4.69, 9.17) is 18.9 Å². The molecule has 0 bridgehead atoms. The highest BCUT2D eigenvalue weighted by Gasteiger charge is 2.35. The van der Waals surface area contributed by atoms with E-state index in [9.17, 15) is 33.6 Å². The topological polar surface area (TPSA) is 194 Å². The van der Waals surface area contributed by atoms with Crippen molar-refractivity contribution in [3.63, 3.8) is 0 Å². The van der Waals surface area contributed by atoms with Gasteiger partial charge in [0.1, 0.15) is 35.5 Å². The van der Waals surface area contributed by atoms with Crippen molar-refractivity contribution in [1.29, 1.82) is 0 Å². The van der Waals surface area contributed by atoms with Gasteiger partial charge in [0, 0.05) is 13.0 Å². The van der Waals surface area contributed by atoms with E-state index in [1.165, 1.54) is 0 Å². The van der Waals surface area contributed by atoms with Crippen LogP contribution in [0.2, 0.25) is 0 Å². The van der Waals surface area contributed by atoms with E-state index in [1.54, 1.807) is 62.3 Å². The molecule has 2 atom stereocenters. The number of rotatable bonds is 14. The van der Waals surface area contributed by atoms with Crippen molar-refractivity contribution in [3.8, 4) is 0 Å². The molecule has 1 aromatic carbocycles. The highest BCUT2D eigenvalue weighted by Crippen LogP contribution is 2.21. The number of nitrogens with zero attached hydrogens (tertiary/aromatic N) is 2.